The summed E-state index contributed by atoms with van der Waals surface area (Å²) in [5.41, 5.74) is 0.640. The fraction of sp³-hybridized carbons (Fsp3) is 0.500. The summed E-state index contributed by atoms with van der Waals surface area (Å²) in [4.78, 5) is 14.6. The van der Waals surface area contributed by atoms with Gasteiger partial charge in [-0.15, -0.1) is 0 Å². The maximum Gasteiger partial charge on any atom is 0.352 e. The van der Waals surface area contributed by atoms with E-state index in [1.54, 1.807) is 6.92 Å². The highest BCUT2D eigenvalue weighted by atomic mass is 16.5. The van der Waals surface area contributed by atoms with Gasteiger partial charge in [0.25, 0.3) is 0 Å². The molecule has 0 aliphatic carbocycles. The molecule has 0 aromatic carbocycles. The van der Waals surface area contributed by atoms with Crippen molar-refractivity contribution in [2.75, 3.05) is 7.11 Å². The van der Waals surface area contributed by atoms with E-state index < -0.39 is 5.97 Å². The molecule has 0 heterocycles. The number of esters is 1. The van der Waals surface area contributed by atoms with Gasteiger partial charge in [0.2, 0.25) is 0 Å². The van der Waals surface area contributed by atoms with Crippen LogP contribution in [-0.4, -0.2) is 23.9 Å². The average Bonchev–Trinajstić information content (AvgIpc) is 2.02. The minimum atomic E-state index is -0.490. The van der Waals surface area contributed by atoms with Gasteiger partial charge in [-0.05, 0) is 20.8 Å². The second kappa shape index (κ2) is 4.54. The highest BCUT2D eigenvalue weighted by Gasteiger charge is 2.04. The SMILES string of the molecule is COC(=O)/C(C)=N\C(C)=C(\C)O. The van der Waals surface area contributed by atoms with Gasteiger partial charge in [-0.1, -0.05) is 0 Å². The number of nitrogens with zero attached hydrogens (tertiary/aromatic N) is 1. The van der Waals surface area contributed by atoms with E-state index >= 15 is 0 Å². The van der Waals surface area contributed by atoms with Gasteiger partial charge in [0, 0.05) is 0 Å². The molecule has 0 fully saturated rings. The van der Waals surface area contributed by atoms with Crippen LogP contribution >= 0.6 is 0 Å². The number of rotatable bonds is 2. The van der Waals surface area contributed by atoms with Crippen molar-refractivity contribution in [1.82, 2.24) is 0 Å². The van der Waals surface area contributed by atoms with E-state index in [1.165, 1.54) is 21.0 Å². The molecule has 0 aliphatic heterocycles. The second-order valence-electron chi connectivity index (χ2n) is 2.36. The third kappa shape index (κ3) is 3.18. The normalized spacial score (nSPS) is 13.8. The maximum absolute atomic E-state index is 10.8. The number of aliphatic imine (C=N–C) groups is 1. The van der Waals surface area contributed by atoms with Crippen LogP contribution in [0, 0.1) is 0 Å². The van der Waals surface area contributed by atoms with Crippen LogP contribution < -0.4 is 0 Å². The van der Waals surface area contributed by atoms with Crippen LogP contribution in [0.1, 0.15) is 20.8 Å². The summed E-state index contributed by atoms with van der Waals surface area (Å²) < 4.78 is 4.42. The van der Waals surface area contributed by atoms with Crippen LogP contribution in [0.25, 0.3) is 0 Å². The van der Waals surface area contributed by atoms with Gasteiger partial charge in [-0.2, -0.15) is 0 Å². The highest BCUT2D eigenvalue weighted by Crippen LogP contribution is 2.01. The van der Waals surface area contributed by atoms with Crippen molar-refractivity contribution in [1.29, 1.82) is 0 Å². The zero-order valence-electron chi connectivity index (χ0n) is 7.71. The van der Waals surface area contributed by atoms with E-state index in [0.29, 0.717) is 5.70 Å². The smallest absolute Gasteiger partial charge is 0.352 e. The molecular weight excluding hydrogens is 158 g/mol. The Morgan fingerprint density at radius 2 is 1.83 bits per heavy atom. The van der Waals surface area contributed by atoms with Gasteiger partial charge in [0.15, 0.2) is 0 Å². The lowest BCUT2D eigenvalue weighted by Crippen LogP contribution is -2.11. The van der Waals surface area contributed by atoms with E-state index in [-0.39, 0.29) is 11.5 Å². The monoisotopic (exact) mass is 171 g/mol. The van der Waals surface area contributed by atoms with E-state index in [9.17, 15) is 4.79 Å². The molecule has 4 heteroatoms. The molecule has 0 rings (SSSR count). The van der Waals surface area contributed by atoms with Crippen LogP contribution in [0.3, 0.4) is 0 Å². The van der Waals surface area contributed by atoms with Crippen molar-refractivity contribution in [3.8, 4) is 0 Å². The number of ether oxygens (including phenoxy) is 1. The van der Waals surface area contributed by atoms with Crippen molar-refractivity contribution >= 4 is 11.7 Å². The third-order valence-corrected chi connectivity index (χ3v) is 1.34. The summed E-state index contributed by atoms with van der Waals surface area (Å²) in [7, 11) is 1.28. The van der Waals surface area contributed by atoms with Gasteiger partial charge in [-0.3, -0.25) is 0 Å². The molecule has 0 atom stereocenters. The van der Waals surface area contributed by atoms with Crippen LogP contribution in [0.2, 0.25) is 0 Å². The molecule has 0 bridgehead atoms. The van der Waals surface area contributed by atoms with Crippen molar-refractivity contribution < 1.29 is 14.6 Å². The number of aliphatic hydroxyl groups excluding tert-OH is 1. The van der Waals surface area contributed by atoms with Crippen LogP contribution in [0.5, 0.6) is 0 Å². The van der Waals surface area contributed by atoms with Crippen molar-refractivity contribution in [2.24, 2.45) is 4.99 Å². The summed E-state index contributed by atoms with van der Waals surface area (Å²) in [6.07, 6.45) is 0. The number of hydrogen-bond acceptors (Lipinski definition) is 4. The van der Waals surface area contributed by atoms with Crippen molar-refractivity contribution in [3.63, 3.8) is 0 Å². The van der Waals surface area contributed by atoms with Crippen molar-refractivity contribution in [3.05, 3.63) is 11.5 Å². The Labute approximate surface area is 71.6 Å². The van der Waals surface area contributed by atoms with E-state index in [4.69, 9.17) is 5.11 Å². The van der Waals surface area contributed by atoms with Crippen LogP contribution in [0.4, 0.5) is 0 Å². The van der Waals surface area contributed by atoms with E-state index in [2.05, 4.69) is 9.73 Å². The van der Waals surface area contributed by atoms with Gasteiger partial charge in [0.05, 0.1) is 12.8 Å². The topological polar surface area (TPSA) is 58.9 Å². The molecule has 0 radical (unpaired) electrons. The third-order valence-electron chi connectivity index (χ3n) is 1.34. The molecule has 0 saturated carbocycles. The lowest BCUT2D eigenvalue weighted by molar-refractivity contribution is -0.132. The predicted octanol–water partition coefficient (Wildman–Crippen LogP) is 1.43. The molecule has 4 nitrogen and oxygen atoms in total. The quantitative estimate of drug-likeness (QED) is 0.388. The Morgan fingerprint density at radius 3 is 2.17 bits per heavy atom. The Balaban J connectivity index is 4.58. The lowest BCUT2D eigenvalue weighted by Gasteiger charge is -1.98. The molecule has 0 spiro atoms. The number of hydrogen-bond donors (Lipinski definition) is 1. The Hall–Kier alpha value is -1.32. The first-order chi connectivity index (χ1) is 5.49. The number of aliphatic hydroxyl groups is 1. The standard InChI is InChI=1S/C8H13NO3/c1-5(7(3)10)9-6(2)8(11)12-4/h10H,1-4H3/b7-5-,9-6-. The van der Waals surface area contributed by atoms with Crippen LogP contribution in [-0.2, 0) is 9.53 Å². The fourth-order valence-corrected chi connectivity index (χ4v) is 0.526. The van der Waals surface area contributed by atoms with E-state index in [1.807, 2.05) is 0 Å². The largest absolute Gasteiger partial charge is 0.511 e. The first-order valence-corrected chi connectivity index (χ1v) is 3.49. The van der Waals surface area contributed by atoms with E-state index in [0.717, 1.165) is 0 Å². The van der Waals surface area contributed by atoms with Crippen molar-refractivity contribution in [2.45, 2.75) is 20.8 Å². The Bertz CT molecular complexity index is 237. The molecule has 0 aromatic heterocycles. The summed E-state index contributed by atoms with van der Waals surface area (Å²) in [6.45, 7) is 4.64. The molecule has 0 saturated heterocycles. The Morgan fingerprint density at radius 1 is 1.33 bits per heavy atom. The second-order valence-corrected chi connectivity index (χ2v) is 2.36. The fourth-order valence-electron chi connectivity index (χ4n) is 0.526. The molecule has 0 aromatic rings. The zero-order valence-corrected chi connectivity index (χ0v) is 7.71. The first-order valence-electron chi connectivity index (χ1n) is 3.49. The minimum absolute atomic E-state index is 0.0956. The number of allylic oxidation sites excluding steroid dienone is 2. The number of carbonyl (C=O) groups is 1. The predicted molar refractivity (Wildman–Crippen MR) is 46.1 cm³/mol. The molecule has 68 valence electrons. The molecule has 12 heavy (non-hydrogen) atoms. The number of carbonyl (C=O) groups excluding carboxylic acids is 1. The number of methoxy groups -OCH3 is 1. The van der Waals surface area contributed by atoms with Gasteiger partial charge in [0.1, 0.15) is 11.5 Å². The summed E-state index contributed by atoms with van der Waals surface area (Å²) >= 11 is 0. The lowest BCUT2D eigenvalue weighted by atomic mass is 10.4. The zero-order chi connectivity index (χ0) is 9.72. The van der Waals surface area contributed by atoms with Gasteiger partial charge in [-0.25, -0.2) is 9.79 Å². The summed E-state index contributed by atoms with van der Waals surface area (Å²) in [5.74, 6) is -0.395. The Kier molecular flexibility index (Phi) is 4.04. The summed E-state index contributed by atoms with van der Waals surface area (Å²) in [6, 6.07) is 0. The minimum Gasteiger partial charge on any atom is -0.511 e. The maximum atomic E-state index is 10.8. The molecule has 0 unspecified atom stereocenters. The highest BCUT2D eigenvalue weighted by molar-refractivity contribution is 6.35. The molecular formula is C8H13NO3. The van der Waals surface area contributed by atoms with Crippen LogP contribution in [0.15, 0.2) is 16.4 Å². The van der Waals surface area contributed by atoms with Gasteiger partial charge >= 0.3 is 5.97 Å². The molecule has 1 N–H and O–H groups in total. The first kappa shape index (κ1) is 10.7. The summed E-state index contributed by atoms with van der Waals surface area (Å²) in [5, 5.41) is 8.94. The average molecular weight is 171 g/mol. The molecule has 0 amide bonds. The van der Waals surface area contributed by atoms with Gasteiger partial charge < -0.3 is 9.84 Å². The molecule has 0 aliphatic rings.